The van der Waals surface area contributed by atoms with Crippen molar-refractivity contribution in [1.29, 1.82) is 0 Å². The predicted molar refractivity (Wildman–Crippen MR) is 87.3 cm³/mol. The molecule has 0 spiro atoms. The summed E-state index contributed by atoms with van der Waals surface area (Å²) in [5.74, 6) is 0.412. The van der Waals surface area contributed by atoms with Crippen molar-refractivity contribution in [2.45, 2.75) is 52.5 Å². The Bertz CT molecular complexity index is 331. The highest BCUT2D eigenvalue weighted by Crippen LogP contribution is 2.19. The van der Waals surface area contributed by atoms with Gasteiger partial charge >= 0.3 is 0 Å². The number of rotatable bonds is 6. The van der Waals surface area contributed by atoms with Crippen LogP contribution >= 0.6 is 12.4 Å². The maximum absolute atomic E-state index is 12.2. The fourth-order valence-corrected chi connectivity index (χ4v) is 2.46. The van der Waals surface area contributed by atoms with Gasteiger partial charge in [-0.3, -0.25) is 9.59 Å². The molecule has 1 fully saturated rings. The highest BCUT2D eigenvalue weighted by molar-refractivity contribution is 5.85. The summed E-state index contributed by atoms with van der Waals surface area (Å²) in [6.45, 7) is 8.12. The van der Waals surface area contributed by atoms with Gasteiger partial charge in [0.2, 0.25) is 11.8 Å². The molecule has 2 amide bonds. The van der Waals surface area contributed by atoms with Crippen LogP contribution in [0.2, 0.25) is 0 Å². The van der Waals surface area contributed by atoms with Gasteiger partial charge in [0.1, 0.15) is 0 Å². The maximum Gasteiger partial charge on any atom is 0.239 e. The molecule has 0 aromatic heterocycles. The molecule has 0 radical (unpaired) electrons. The van der Waals surface area contributed by atoms with Crippen molar-refractivity contribution in [3.05, 3.63) is 0 Å². The molecule has 0 aromatic carbocycles. The third-order valence-electron chi connectivity index (χ3n) is 4.27. The molecule has 0 aliphatic carbocycles. The Hall–Kier alpha value is -0.810. The van der Waals surface area contributed by atoms with Gasteiger partial charge in [0.15, 0.2) is 0 Å². The third kappa shape index (κ3) is 5.83. The number of hydrogen-bond donors (Lipinski definition) is 2. The minimum Gasteiger partial charge on any atom is -0.356 e. The molecule has 1 aliphatic heterocycles. The number of nitrogens with zero attached hydrogens (tertiary/aromatic N) is 1. The molecular formula is C15H30ClN3O2. The molecule has 0 aromatic rings. The largest absolute Gasteiger partial charge is 0.356 e. The standard InChI is InChI=1S/C15H29N3O2.ClH/c1-4-8-17-14(19)12-6-9-18(10-7-12)15(20)13(16)11(3)5-2;/h11-13H,4-10,16H2,1-3H3,(H,17,19);1H. The highest BCUT2D eigenvalue weighted by atomic mass is 35.5. The zero-order chi connectivity index (χ0) is 15.1. The van der Waals surface area contributed by atoms with E-state index < -0.39 is 6.04 Å². The highest BCUT2D eigenvalue weighted by Gasteiger charge is 2.30. The summed E-state index contributed by atoms with van der Waals surface area (Å²) in [7, 11) is 0. The first-order valence-corrected chi connectivity index (χ1v) is 7.83. The summed E-state index contributed by atoms with van der Waals surface area (Å²) in [5.41, 5.74) is 5.99. The average Bonchev–Trinajstić information content (AvgIpc) is 2.50. The lowest BCUT2D eigenvalue weighted by Gasteiger charge is -2.34. The number of carbonyl (C=O) groups excluding carboxylic acids is 2. The van der Waals surface area contributed by atoms with Gasteiger partial charge in [0.25, 0.3) is 0 Å². The van der Waals surface area contributed by atoms with Crippen molar-refractivity contribution in [3.8, 4) is 0 Å². The number of piperidine rings is 1. The molecule has 21 heavy (non-hydrogen) atoms. The third-order valence-corrected chi connectivity index (χ3v) is 4.27. The molecule has 0 bridgehead atoms. The fraction of sp³-hybridized carbons (Fsp3) is 0.867. The second kappa shape index (κ2) is 10.0. The van der Waals surface area contributed by atoms with Gasteiger partial charge in [-0.2, -0.15) is 0 Å². The summed E-state index contributed by atoms with van der Waals surface area (Å²) in [6, 6.07) is -0.412. The Kier molecular flexibility index (Phi) is 9.62. The van der Waals surface area contributed by atoms with E-state index in [0.29, 0.717) is 13.1 Å². The Morgan fingerprint density at radius 2 is 1.86 bits per heavy atom. The van der Waals surface area contributed by atoms with E-state index in [0.717, 1.165) is 32.2 Å². The minimum absolute atomic E-state index is 0. The predicted octanol–water partition coefficient (Wildman–Crippen LogP) is 1.55. The van der Waals surface area contributed by atoms with Crippen LogP contribution in [0.5, 0.6) is 0 Å². The van der Waals surface area contributed by atoms with Crippen molar-refractivity contribution in [3.63, 3.8) is 0 Å². The number of carbonyl (C=O) groups is 2. The van der Waals surface area contributed by atoms with Gasteiger partial charge in [-0.15, -0.1) is 12.4 Å². The van der Waals surface area contributed by atoms with E-state index in [2.05, 4.69) is 5.32 Å². The van der Waals surface area contributed by atoms with Crippen molar-refractivity contribution >= 4 is 24.2 Å². The number of nitrogens with two attached hydrogens (primary N) is 1. The van der Waals surface area contributed by atoms with Crippen molar-refractivity contribution < 1.29 is 9.59 Å². The van der Waals surface area contributed by atoms with Crippen LogP contribution in [0.25, 0.3) is 0 Å². The summed E-state index contributed by atoms with van der Waals surface area (Å²) < 4.78 is 0. The fourth-order valence-electron chi connectivity index (χ4n) is 2.46. The van der Waals surface area contributed by atoms with Crippen LogP contribution in [0.15, 0.2) is 0 Å². The SMILES string of the molecule is CCCNC(=O)C1CCN(C(=O)C(N)C(C)CC)CC1.Cl. The summed E-state index contributed by atoms with van der Waals surface area (Å²) in [4.78, 5) is 25.9. The molecule has 5 nitrogen and oxygen atoms in total. The van der Waals surface area contributed by atoms with E-state index in [1.807, 2.05) is 25.7 Å². The summed E-state index contributed by atoms with van der Waals surface area (Å²) in [6.07, 6.45) is 3.35. The van der Waals surface area contributed by atoms with Gasteiger partial charge in [0.05, 0.1) is 6.04 Å². The monoisotopic (exact) mass is 319 g/mol. The minimum atomic E-state index is -0.412. The number of likely N-dealkylation sites (tertiary alicyclic amines) is 1. The first-order valence-electron chi connectivity index (χ1n) is 7.83. The smallest absolute Gasteiger partial charge is 0.239 e. The molecular weight excluding hydrogens is 290 g/mol. The van der Waals surface area contributed by atoms with E-state index >= 15 is 0 Å². The normalized spacial score (nSPS) is 18.6. The lowest BCUT2D eigenvalue weighted by Crippen LogP contribution is -2.50. The Balaban J connectivity index is 0.00000400. The van der Waals surface area contributed by atoms with Crippen LogP contribution in [-0.4, -0.2) is 42.4 Å². The Labute approximate surface area is 134 Å². The van der Waals surface area contributed by atoms with Crippen molar-refractivity contribution in [1.82, 2.24) is 10.2 Å². The van der Waals surface area contributed by atoms with Crippen LogP contribution in [0.4, 0.5) is 0 Å². The lowest BCUT2D eigenvalue weighted by molar-refractivity contribution is -0.137. The van der Waals surface area contributed by atoms with E-state index in [1.165, 1.54) is 0 Å². The summed E-state index contributed by atoms with van der Waals surface area (Å²) in [5, 5.41) is 2.93. The van der Waals surface area contributed by atoms with Crippen LogP contribution < -0.4 is 11.1 Å². The zero-order valence-corrected chi connectivity index (χ0v) is 14.2. The van der Waals surface area contributed by atoms with Gasteiger partial charge in [-0.05, 0) is 25.2 Å². The van der Waals surface area contributed by atoms with Gasteiger partial charge in [-0.1, -0.05) is 27.2 Å². The van der Waals surface area contributed by atoms with E-state index in [4.69, 9.17) is 5.73 Å². The molecule has 1 aliphatic rings. The quantitative estimate of drug-likeness (QED) is 0.780. The second-order valence-corrected chi connectivity index (χ2v) is 5.80. The van der Waals surface area contributed by atoms with E-state index in [9.17, 15) is 9.59 Å². The van der Waals surface area contributed by atoms with Gasteiger partial charge in [0, 0.05) is 25.6 Å². The van der Waals surface area contributed by atoms with Gasteiger partial charge < -0.3 is 16.0 Å². The molecule has 6 heteroatoms. The van der Waals surface area contributed by atoms with Gasteiger partial charge in [-0.25, -0.2) is 0 Å². The van der Waals surface area contributed by atoms with Crippen LogP contribution in [0.3, 0.4) is 0 Å². The lowest BCUT2D eigenvalue weighted by atomic mass is 9.93. The first kappa shape index (κ1) is 20.2. The molecule has 2 unspecified atom stereocenters. The zero-order valence-electron chi connectivity index (χ0n) is 13.4. The number of halogens is 1. The number of nitrogens with one attached hydrogen (secondary N) is 1. The number of amides is 2. The molecule has 124 valence electrons. The maximum atomic E-state index is 12.2. The van der Waals surface area contributed by atoms with Crippen molar-refractivity contribution in [2.75, 3.05) is 19.6 Å². The first-order chi connectivity index (χ1) is 9.51. The van der Waals surface area contributed by atoms with E-state index in [-0.39, 0.29) is 36.1 Å². The van der Waals surface area contributed by atoms with Crippen LogP contribution in [-0.2, 0) is 9.59 Å². The van der Waals surface area contributed by atoms with Crippen LogP contribution in [0.1, 0.15) is 46.5 Å². The molecule has 1 heterocycles. The summed E-state index contributed by atoms with van der Waals surface area (Å²) >= 11 is 0. The Morgan fingerprint density at radius 1 is 1.29 bits per heavy atom. The Morgan fingerprint density at radius 3 is 2.33 bits per heavy atom. The van der Waals surface area contributed by atoms with E-state index in [1.54, 1.807) is 0 Å². The average molecular weight is 320 g/mol. The molecule has 1 saturated heterocycles. The second-order valence-electron chi connectivity index (χ2n) is 5.80. The molecule has 1 rings (SSSR count). The molecule has 2 atom stereocenters. The van der Waals surface area contributed by atoms with Crippen molar-refractivity contribution in [2.24, 2.45) is 17.6 Å². The molecule has 3 N–H and O–H groups in total. The number of hydrogen-bond acceptors (Lipinski definition) is 3. The molecule has 0 saturated carbocycles. The topological polar surface area (TPSA) is 75.4 Å². The van der Waals surface area contributed by atoms with Crippen LogP contribution in [0, 0.1) is 11.8 Å².